The van der Waals surface area contributed by atoms with Gasteiger partial charge >= 0.3 is 0 Å². The molecule has 0 aromatic heterocycles. The standard InChI is InChI=1S/C28H41N/c1-8-24(9-2)27(29-7)21-19-23(6)28(25(10-3)20-18-22(4)5)26-16-14-12-11-13-15-17-26/h14,16-20,25,28H,1,4,9-13,15,21H2,2-3,5-7H3/b16-14?,20-18?,23-19+,26-17?,29-27?. The van der Waals surface area contributed by atoms with Gasteiger partial charge in [-0.3, -0.25) is 4.99 Å². The molecule has 1 aliphatic rings. The van der Waals surface area contributed by atoms with Crippen molar-refractivity contribution in [1.82, 2.24) is 0 Å². The number of hydrogen-bond donors (Lipinski definition) is 0. The maximum absolute atomic E-state index is 4.50. The minimum absolute atomic E-state index is 0.390. The predicted octanol–water partition coefficient (Wildman–Crippen LogP) is 8.35. The number of nitrogens with zero attached hydrogens (tertiary/aromatic N) is 1. The van der Waals surface area contributed by atoms with Gasteiger partial charge in [-0.1, -0.05) is 74.6 Å². The minimum Gasteiger partial charge on any atom is -0.292 e. The van der Waals surface area contributed by atoms with E-state index in [1.165, 1.54) is 36.8 Å². The first-order valence-electron chi connectivity index (χ1n) is 11.2. The summed E-state index contributed by atoms with van der Waals surface area (Å²) in [4.78, 5) is 4.50. The fraction of sp³-hybridized carbons (Fsp3) is 0.500. The van der Waals surface area contributed by atoms with Crippen molar-refractivity contribution in [3.8, 4) is 0 Å². The molecule has 0 aromatic carbocycles. The zero-order chi connectivity index (χ0) is 21.6. The van der Waals surface area contributed by atoms with Crippen molar-refractivity contribution in [1.29, 1.82) is 0 Å². The summed E-state index contributed by atoms with van der Waals surface area (Å²) in [6, 6.07) is 0. The van der Waals surface area contributed by atoms with Gasteiger partial charge in [0.1, 0.15) is 0 Å². The summed E-state index contributed by atoms with van der Waals surface area (Å²) in [7, 11) is 1.87. The Morgan fingerprint density at radius 3 is 2.55 bits per heavy atom. The zero-order valence-corrected chi connectivity index (χ0v) is 19.4. The lowest BCUT2D eigenvalue weighted by molar-refractivity contribution is 0.498. The van der Waals surface area contributed by atoms with Crippen molar-refractivity contribution in [2.24, 2.45) is 16.8 Å². The number of rotatable bonds is 10. The molecule has 1 aliphatic carbocycles. The summed E-state index contributed by atoms with van der Waals surface area (Å²) in [5.41, 5.74) is 9.26. The Morgan fingerprint density at radius 1 is 1.24 bits per heavy atom. The number of allylic oxidation sites excluding steroid dienone is 10. The second-order valence-electron chi connectivity index (χ2n) is 7.98. The molecule has 0 aromatic rings. The Balaban J connectivity index is 3.30. The van der Waals surface area contributed by atoms with Gasteiger partial charge in [-0.2, -0.15) is 0 Å². The van der Waals surface area contributed by atoms with Crippen LogP contribution in [0.1, 0.15) is 72.6 Å². The summed E-state index contributed by atoms with van der Waals surface area (Å²) < 4.78 is 0. The van der Waals surface area contributed by atoms with E-state index in [4.69, 9.17) is 0 Å². The van der Waals surface area contributed by atoms with Crippen molar-refractivity contribution in [2.45, 2.75) is 72.6 Å². The highest BCUT2D eigenvalue weighted by atomic mass is 14.7. The SMILES string of the molecule is C=C=C(CC)C(C/C=C(\C)C(C1=CCCCCC=C1)C(C=CC(=C)C)CC)=NC. The lowest BCUT2D eigenvalue weighted by Crippen LogP contribution is -2.17. The molecule has 0 fully saturated rings. The van der Waals surface area contributed by atoms with Gasteiger partial charge in [0.15, 0.2) is 0 Å². The highest BCUT2D eigenvalue weighted by Crippen LogP contribution is 2.34. The van der Waals surface area contributed by atoms with Gasteiger partial charge in [0, 0.05) is 30.7 Å². The van der Waals surface area contributed by atoms with E-state index in [1.807, 2.05) is 7.05 Å². The number of hydrogen-bond acceptors (Lipinski definition) is 1. The van der Waals surface area contributed by atoms with Gasteiger partial charge in [-0.15, -0.1) is 5.73 Å². The molecular formula is C28H41N. The van der Waals surface area contributed by atoms with E-state index in [1.54, 1.807) is 0 Å². The summed E-state index contributed by atoms with van der Waals surface area (Å²) in [6.07, 6.45) is 21.9. The molecule has 2 atom stereocenters. The van der Waals surface area contributed by atoms with Crippen LogP contribution in [-0.2, 0) is 0 Å². The number of aliphatic imine (C=N–C) groups is 1. The van der Waals surface area contributed by atoms with Crippen LogP contribution in [0, 0.1) is 11.8 Å². The van der Waals surface area contributed by atoms with Crippen LogP contribution in [0.4, 0.5) is 0 Å². The Morgan fingerprint density at radius 2 is 1.97 bits per heavy atom. The first-order valence-corrected chi connectivity index (χ1v) is 11.2. The topological polar surface area (TPSA) is 12.4 Å². The normalized spacial score (nSPS) is 17.9. The van der Waals surface area contributed by atoms with Crippen molar-refractivity contribution in [2.75, 3.05) is 7.05 Å². The molecule has 0 saturated carbocycles. The summed E-state index contributed by atoms with van der Waals surface area (Å²) >= 11 is 0. The first-order chi connectivity index (χ1) is 14.0. The molecule has 0 aliphatic heterocycles. The third-order valence-corrected chi connectivity index (χ3v) is 5.70. The van der Waals surface area contributed by atoms with Crippen molar-refractivity contribution >= 4 is 5.71 Å². The minimum atomic E-state index is 0.390. The second kappa shape index (κ2) is 14.0. The third-order valence-electron chi connectivity index (χ3n) is 5.70. The van der Waals surface area contributed by atoms with Crippen molar-refractivity contribution in [3.05, 3.63) is 77.6 Å². The van der Waals surface area contributed by atoms with E-state index in [0.29, 0.717) is 11.8 Å². The molecule has 0 bridgehead atoms. The van der Waals surface area contributed by atoms with Crippen LogP contribution in [-0.4, -0.2) is 12.8 Å². The van der Waals surface area contributed by atoms with E-state index in [9.17, 15) is 0 Å². The Bertz CT molecular complexity index is 732. The molecule has 1 rings (SSSR count). The highest BCUT2D eigenvalue weighted by Gasteiger charge is 2.23. The van der Waals surface area contributed by atoms with Crippen LogP contribution >= 0.6 is 0 Å². The van der Waals surface area contributed by atoms with Gasteiger partial charge in [0.25, 0.3) is 0 Å². The van der Waals surface area contributed by atoms with Crippen LogP contribution in [0.25, 0.3) is 0 Å². The molecular weight excluding hydrogens is 350 g/mol. The van der Waals surface area contributed by atoms with Crippen LogP contribution in [0.3, 0.4) is 0 Å². The maximum atomic E-state index is 4.50. The van der Waals surface area contributed by atoms with E-state index >= 15 is 0 Å². The van der Waals surface area contributed by atoms with Gasteiger partial charge in [0.2, 0.25) is 0 Å². The molecule has 0 heterocycles. The fourth-order valence-electron chi connectivity index (χ4n) is 3.98. The lowest BCUT2D eigenvalue weighted by Gasteiger charge is -2.27. The molecule has 0 N–H and O–H groups in total. The average molecular weight is 392 g/mol. The molecule has 29 heavy (non-hydrogen) atoms. The van der Waals surface area contributed by atoms with Crippen LogP contribution < -0.4 is 0 Å². The monoisotopic (exact) mass is 391 g/mol. The quantitative estimate of drug-likeness (QED) is 0.153. The average Bonchev–Trinajstić information content (AvgIpc) is 2.68. The van der Waals surface area contributed by atoms with Gasteiger partial charge in [0.05, 0.1) is 0 Å². The zero-order valence-electron chi connectivity index (χ0n) is 19.4. The molecule has 1 heteroatoms. The van der Waals surface area contributed by atoms with Crippen LogP contribution in [0.15, 0.2) is 82.6 Å². The largest absolute Gasteiger partial charge is 0.292 e. The highest BCUT2D eigenvalue weighted by molar-refractivity contribution is 6.00. The fourth-order valence-corrected chi connectivity index (χ4v) is 3.98. The van der Waals surface area contributed by atoms with E-state index < -0.39 is 0 Å². The van der Waals surface area contributed by atoms with Gasteiger partial charge in [-0.25, -0.2) is 0 Å². The Hall–Kier alpha value is -2.11. The molecule has 0 spiro atoms. The predicted molar refractivity (Wildman–Crippen MR) is 132 cm³/mol. The molecule has 0 radical (unpaired) electrons. The van der Waals surface area contributed by atoms with Crippen LogP contribution in [0.2, 0.25) is 0 Å². The van der Waals surface area contributed by atoms with E-state index in [2.05, 4.69) is 88.0 Å². The smallest absolute Gasteiger partial charge is 0.0491 e. The summed E-state index contributed by atoms with van der Waals surface area (Å²) in [5.74, 6) is 0.849. The van der Waals surface area contributed by atoms with Crippen molar-refractivity contribution in [3.63, 3.8) is 0 Å². The summed E-state index contributed by atoms with van der Waals surface area (Å²) in [5, 5.41) is 0. The molecule has 2 unspecified atom stereocenters. The van der Waals surface area contributed by atoms with E-state index in [0.717, 1.165) is 36.1 Å². The van der Waals surface area contributed by atoms with Gasteiger partial charge in [-0.05, 0) is 63.9 Å². The van der Waals surface area contributed by atoms with Gasteiger partial charge < -0.3 is 0 Å². The Kier molecular flexibility index (Phi) is 12.0. The molecule has 1 nitrogen and oxygen atoms in total. The first kappa shape index (κ1) is 24.9. The van der Waals surface area contributed by atoms with Crippen LogP contribution in [0.5, 0.6) is 0 Å². The van der Waals surface area contributed by atoms with E-state index in [-0.39, 0.29) is 0 Å². The maximum Gasteiger partial charge on any atom is 0.0491 e. The lowest BCUT2D eigenvalue weighted by atomic mass is 9.77. The Labute approximate surface area is 180 Å². The molecule has 0 amide bonds. The van der Waals surface area contributed by atoms with Crippen molar-refractivity contribution < 1.29 is 0 Å². The second-order valence-corrected chi connectivity index (χ2v) is 7.98. The third kappa shape index (κ3) is 8.42. The molecule has 158 valence electrons. The summed E-state index contributed by atoms with van der Waals surface area (Å²) in [6.45, 7) is 16.7. The molecule has 0 saturated heterocycles.